The first-order chi connectivity index (χ1) is 12.8. The fraction of sp³-hybridized carbons (Fsp3) is 0.176. The van der Waals surface area contributed by atoms with Crippen molar-refractivity contribution in [3.63, 3.8) is 0 Å². The van der Waals surface area contributed by atoms with E-state index in [-0.39, 0.29) is 12.3 Å². The van der Waals surface area contributed by atoms with E-state index >= 15 is 0 Å². The zero-order valence-corrected chi connectivity index (χ0v) is 15.6. The second kappa shape index (κ2) is 9.20. The molecule has 0 saturated heterocycles. The van der Waals surface area contributed by atoms with E-state index in [1.165, 1.54) is 17.0 Å². The van der Waals surface area contributed by atoms with E-state index in [4.69, 9.17) is 32.4 Å². The summed E-state index contributed by atoms with van der Waals surface area (Å²) in [6, 6.07) is 7.49. The van der Waals surface area contributed by atoms with Crippen LogP contribution >= 0.6 is 23.2 Å². The molecular formula is C17H14Cl2N2O6. The van der Waals surface area contributed by atoms with Gasteiger partial charge in [-0.1, -0.05) is 29.3 Å². The van der Waals surface area contributed by atoms with E-state index in [0.29, 0.717) is 10.0 Å². The highest BCUT2D eigenvalue weighted by Crippen LogP contribution is 2.23. The predicted octanol–water partition coefficient (Wildman–Crippen LogP) is 3.71. The van der Waals surface area contributed by atoms with Crippen molar-refractivity contribution in [1.82, 2.24) is 4.90 Å². The van der Waals surface area contributed by atoms with Gasteiger partial charge >= 0.3 is 11.9 Å². The molecule has 27 heavy (non-hydrogen) atoms. The summed E-state index contributed by atoms with van der Waals surface area (Å²) in [6.07, 6.45) is 2.22. The Morgan fingerprint density at radius 2 is 2.00 bits per heavy atom. The van der Waals surface area contributed by atoms with E-state index in [1.807, 2.05) is 0 Å². The molecule has 0 aliphatic heterocycles. The Labute approximate surface area is 164 Å². The quantitative estimate of drug-likeness (QED) is 0.297. The highest BCUT2D eigenvalue weighted by molar-refractivity contribution is 6.42. The number of ether oxygens (including phenoxy) is 1. The summed E-state index contributed by atoms with van der Waals surface area (Å²) in [5.41, 5.74) is 0.769. The third-order valence-electron chi connectivity index (χ3n) is 3.34. The van der Waals surface area contributed by atoms with Crippen molar-refractivity contribution in [2.45, 2.75) is 6.54 Å². The van der Waals surface area contributed by atoms with Gasteiger partial charge in [0, 0.05) is 19.7 Å². The molecule has 1 heterocycles. The minimum atomic E-state index is -0.787. The summed E-state index contributed by atoms with van der Waals surface area (Å²) < 4.78 is 9.70. The number of amides is 1. The number of carbonyl (C=O) groups excluding carboxylic acids is 2. The second-order valence-corrected chi connectivity index (χ2v) is 6.19. The summed E-state index contributed by atoms with van der Waals surface area (Å²) >= 11 is 11.8. The van der Waals surface area contributed by atoms with Crippen LogP contribution in [0.15, 0.2) is 40.8 Å². The zero-order chi connectivity index (χ0) is 20.0. The van der Waals surface area contributed by atoms with Crippen LogP contribution in [-0.4, -0.2) is 35.4 Å². The molecule has 1 aromatic carbocycles. The maximum atomic E-state index is 12.0. The van der Waals surface area contributed by atoms with Gasteiger partial charge in [-0.25, -0.2) is 4.79 Å². The smallest absolute Gasteiger partial charge is 0.433 e. The summed E-state index contributed by atoms with van der Waals surface area (Å²) in [5, 5.41) is 11.3. The highest BCUT2D eigenvalue weighted by Gasteiger charge is 2.13. The molecule has 0 saturated carbocycles. The normalized spacial score (nSPS) is 10.8. The minimum absolute atomic E-state index is 0.113. The lowest BCUT2D eigenvalue weighted by Gasteiger charge is -2.17. The van der Waals surface area contributed by atoms with E-state index in [0.717, 1.165) is 17.7 Å². The Hall–Kier alpha value is -2.84. The fourth-order valence-corrected chi connectivity index (χ4v) is 2.29. The first-order valence-corrected chi connectivity index (χ1v) is 8.29. The lowest BCUT2D eigenvalue weighted by molar-refractivity contribution is -0.402. The van der Waals surface area contributed by atoms with Crippen molar-refractivity contribution in [3.8, 4) is 0 Å². The van der Waals surface area contributed by atoms with Crippen LogP contribution in [0.1, 0.15) is 11.3 Å². The maximum absolute atomic E-state index is 12.0. The number of hydrogen-bond donors (Lipinski definition) is 0. The van der Waals surface area contributed by atoms with E-state index in [2.05, 4.69) is 0 Å². The third kappa shape index (κ3) is 6.12. The van der Waals surface area contributed by atoms with Crippen LogP contribution in [0, 0.1) is 10.1 Å². The van der Waals surface area contributed by atoms with Crippen LogP contribution in [0.2, 0.25) is 10.0 Å². The molecule has 1 amide bonds. The Bertz CT molecular complexity index is 893. The SMILES string of the molecule is CN(Cc1ccc(Cl)c(Cl)c1)C(=O)COC(=O)/C=C/c1ccc([N+](=O)[O-])o1. The van der Waals surface area contributed by atoms with Gasteiger partial charge in [0.1, 0.15) is 10.7 Å². The van der Waals surface area contributed by atoms with Gasteiger partial charge in [0.25, 0.3) is 5.91 Å². The average molecular weight is 413 g/mol. The van der Waals surface area contributed by atoms with Gasteiger partial charge in [-0.15, -0.1) is 0 Å². The number of nitrogens with zero attached hydrogens (tertiary/aromatic N) is 2. The number of nitro groups is 1. The number of likely N-dealkylation sites (N-methyl/N-ethyl adjacent to an activating group) is 1. The largest absolute Gasteiger partial charge is 0.452 e. The molecule has 0 aliphatic rings. The molecule has 0 atom stereocenters. The Morgan fingerprint density at radius 3 is 2.63 bits per heavy atom. The Morgan fingerprint density at radius 1 is 1.26 bits per heavy atom. The predicted molar refractivity (Wildman–Crippen MR) is 98.3 cm³/mol. The van der Waals surface area contributed by atoms with Crippen molar-refractivity contribution >= 4 is 47.0 Å². The van der Waals surface area contributed by atoms with Crippen molar-refractivity contribution in [1.29, 1.82) is 0 Å². The molecule has 2 aromatic rings. The highest BCUT2D eigenvalue weighted by atomic mass is 35.5. The molecule has 0 aliphatic carbocycles. The third-order valence-corrected chi connectivity index (χ3v) is 4.08. The van der Waals surface area contributed by atoms with Crippen LogP contribution in [0.5, 0.6) is 0 Å². The molecule has 1 aromatic heterocycles. The molecule has 0 N–H and O–H groups in total. The van der Waals surface area contributed by atoms with E-state index < -0.39 is 29.3 Å². The van der Waals surface area contributed by atoms with Crippen LogP contribution < -0.4 is 0 Å². The van der Waals surface area contributed by atoms with Crippen LogP contribution in [-0.2, 0) is 20.9 Å². The van der Waals surface area contributed by atoms with Crippen molar-refractivity contribution in [2.75, 3.05) is 13.7 Å². The van der Waals surface area contributed by atoms with Gasteiger partial charge in [0.2, 0.25) is 0 Å². The van der Waals surface area contributed by atoms with Gasteiger partial charge in [-0.3, -0.25) is 14.9 Å². The van der Waals surface area contributed by atoms with Crippen LogP contribution in [0.3, 0.4) is 0 Å². The maximum Gasteiger partial charge on any atom is 0.433 e. The molecule has 0 radical (unpaired) electrons. The number of rotatable bonds is 7. The number of hydrogen-bond acceptors (Lipinski definition) is 6. The fourth-order valence-electron chi connectivity index (χ4n) is 1.97. The molecule has 2 rings (SSSR count). The number of carbonyl (C=O) groups is 2. The van der Waals surface area contributed by atoms with Gasteiger partial charge in [-0.05, 0) is 29.8 Å². The van der Waals surface area contributed by atoms with Crippen molar-refractivity contribution in [3.05, 3.63) is 67.9 Å². The molecular weight excluding hydrogens is 399 g/mol. The topological polar surface area (TPSA) is 103 Å². The number of halogens is 2. The van der Waals surface area contributed by atoms with Crippen molar-refractivity contribution < 1.29 is 23.7 Å². The number of esters is 1. The van der Waals surface area contributed by atoms with Crippen LogP contribution in [0.4, 0.5) is 5.88 Å². The first-order valence-electron chi connectivity index (χ1n) is 7.53. The Kier molecular flexibility index (Phi) is 6.98. The molecule has 0 unspecified atom stereocenters. The van der Waals surface area contributed by atoms with Gasteiger partial charge in [-0.2, -0.15) is 0 Å². The van der Waals surface area contributed by atoms with Gasteiger partial charge < -0.3 is 14.1 Å². The average Bonchev–Trinajstić information content (AvgIpc) is 3.10. The molecule has 0 bridgehead atoms. The lowest BCUT2D eigenvalue weighted by Crippen LogP contribution is -2.30. The lowest BCUT2D eigenvalue weighted by atomic mass is 10.2. The minimum Gasteiger partial charge on any atom is -0.452 e. The summed E-state index contributed by atoms with van der Waals surface area (Å²) in [7, 11) is 1.55. The standard InChI is InChI=1S/C17H14Cl2N2O6/c1-20(9-11-2-5-13(18)14(19)8-11)15(22)10-26-17(23)7-4-12-3-6-16(27-12)21(24)25/h2-8H,9-10H2,1H3/b7-4+. The summed E-state index contributed by atoms with van der Waals surface area (Å²) in [4.78, 5) is 34.8. The molecule has 142 valence electrons. The first kappa shape index (κ1) is 20.5. The van der Waals surface area contributed by atoms with Gasteiger partial charge in [0.05, 0.1) is 16.1 Å². The molecule has 8 nitrogen and oxygen atoms in total. The molecule has 0 fully saturated rings. The zero-order valence-electron chi connectivity index (χ0n) is 14.1. The number of furan rings is 1. The molecule has 10 heteroatoms. The van der Waals surface area contributed by atoms with Crippen molar-refractivity contribution in [2.24, 2.45) is 0 Å². The van der Waals surface area contributed by atoms with E-state index in [9.17, 15) is 19.7 Å². The van der Waals surface area contributed by atoms with E-state index in [1.54, 1.807) is 25.2 Å². The summed E-state index contributed by atoms with van der Waals surface area (Å²) in [5.74, 6) is -1.54. The second-order valence-electron chi connectivity index (χ2n) is 5.37. The van der Waals surface area contributed by atoms with Crippen LogP contribution in [0.25, 0.3) is 6.08 Å². The summed E-state index contributed by atoms with van der Waals surface area (Å²) in [6.45, 7) is -0.196. The number of benzene rings is 1. The monoisotopic (exact) mass is 412 g/mol. The Balaban J connectivity index is 1.82. The molecule has 0 spiro atoms. The van der Waals surface area contributed by atoms with Gasteiger partial charge in [0.15, 0.2) is 6.61 Å².